The van der Waals surface area contributed by atoms with E-state index in [2.05, 4.69) is 55.1 Å². The summed E-state index contributed by atoms with van der Waals surface area (Å²) in [5.41, 5.74) is 7.28. The van der Waals surface area contributed by atoms with Gasteiger partial charge in [-0.2, -0.15) is 0 Å². The number of anilines is 1. The topological polar surface area (TPSA) is 230 Å². The van der Waals surface area contributed by atoms with Crippen LogP contribution < -0.4 is 16.8 Å². The first kappa shape index (κ1) is 40.9. The van der Waals surface area contributed by atoms with Crippen LogP contribution in [-0.4, -0.2) is 93.8 Å². The van der Waals surface area contributed by atoms with E-state index < -0.39 is 25.0 Å². The number of thioether (sulfide) groups is 2. The summed E-state index contributed by atoms with van der Waals surface area (Å²) in [5, 5.41) is 20.2. The molecule has 0 amide bonds. The number of benzene rings is 2. The van der Waals surface area contributed by atoms with Gasteiger partial charge in [0.2, 0.25) is 0 Å². The molecule has 49 heavy (non-hydrogen) atoms. The maximum atomic E-state index is 12.1. The number of rotatable bonds is 6. The van der Waals surface area contributed by atoms with Crippen molar-refractivity contribution in [1.29, 1.82) is 0 Å². The fourth-order valence-electron chi connectivity index (χ4n) is 3.89. The minimum Gasteiger partial charge on any atom is -0.465 e. The molecule has 0 saturated carbocycles. The zero-order chi connectivity index (χ0) is 35.5. The van der Waals surface area contributed by atoms with Crippen LogP contribution >= 0.6 is 51.9 Å². The number of aromatic nitrogens is 5. The Labute approximate surface area is 302 Å². The predicted molar refractivity (Wildman–Crippen MR) is 193 cm³/mol. The van der Waals surface area contributed by atoms with Crippen molar-refractivity contribution in [3.05, 3.63) is 80.4 Å². The van der Waals surface area contributed by atoms with Gasteiger partial charge >= 0.3 is 25.0 Å². The second-order valence-corrected chi connectivity index (χ2v) is 11.5. The number of nitrogen functional groups attached to an aromatic ring is 1. The molecule has 0 aliphatic heterocycles. The molecule has 0 spiro atoms. The van der Waals surface area contributed by atoms with Gasteiger partial charge < -0.3 is 35.0 Å². The lowest BCUT2D eigenvalue weighted by molar-refractivity contribution is 0.0585. The van der Waals surface area contributed by atoms with E-state index in [0.29, 0.717) is 36.8 Å². The summed E-state index contributed by atoms with van der Waals surface area (Å²) in [7, 11) is 2.25. The molecule has 2 aromatic carbocycles. The average molecular weight is 796 g/mol. The highest BCUT2D eigenvalue weighted by atomic mass is 79.9. The summed E-state index contributed by atoms with van der Waals surface area (Å²) in [6, 6.07) is 9.10. The summed E-state index contributed by atoms with van der Waals surface area (Å²) < 4.78 is 14.2. The van der Waals surface area contributed by atoms with Crippen LogP contribution in [0.2, 0.25) is 0 Å². The molecule has 0 saturated heterocycles. The first-order valence-electron chi connectivity index (χ1n) is 13.3. The van der Waals surface area contributed by atoms with Gasteiger partial charge in [-0.15, -0.1) is 12.4 Å². The minimum absolute atomic E-state index is 0. The van der Waals surface area contributed by atoms with Gasteiger partial charge in [0, 0.05) is 39.8 Å². The first-order chi connectivity index (χ1) is 22.9. The van der Waals surface area contributed by atoms with E-state index in [1.165, 1.54) is 69.2 Å². The van der Waals surface area contributed by atoms with Crippen molar-refractivity contribution in [2.45, 2.75) is 10.3 Å². The number of H-pyrrole nitrogens is 1. The Bertz CT molecular complexity index is 2040. The van der Waals surface area contributed by atoms with E-state index in [1.807, 2.05) is 12.5 Å². The maximum absolute atomic E-state index is 12.1. The van der Waals surface area contributed by atoms with Crippen LogP contribution in [0.5, 0.6) is 0 Å². The smallest absolute Gasteiger partial charge is 0.465 e. The minimum atomic E-state index is -1.64. The van der Waals surface area contributed by atoms with E-state index >= 15 is 0 Å². The normalized spacial score (nSPS) is 10.0. The molecular formula is C29H29BBrClN6O9S2. The Morgan fingerprint density at radius 3 is 1.94 bits per heavy atom. The third kappa shape index (κ3) is 10.4. The van der Waals surface area contributed by atoms with Crippen molar-refractivity contribution >= 4 is 110 Å². The van der Waals surface area contributed by atoms with Crippen LogP contribution in [0.4, 0.5) is 5.69 Å². The molecule has 0 aliphatic rings. The fourth-order valence-corrected chi connectivity index (χ4v) is 4.92. The Hall–Kier alpha value is -4.27. The van der Waals surface area contributed by atoms with Crippen LogP contribution in [0.1, 0.15) is 31.2 Å². The summed E-state index contributed by atoms with van der Waals surface area (Å²) in [6.45, 7) is 0. The number of nitrogens with two attached hydrogens (primary N) is 1. The number of hydrogen-bond acceptors (Lipinski definition) is 16. The summed E-state index contributed by atoms with van der Waals surface area (Å²) >= 11 is 5.91. The standard InChI is InChI=1S/C14H11N3O3S.C8H10BNO4.C7H7BrN2O2S.ClH/c1-20-13(19)7-3-4-8-9-6-15-14(21-2)17-11(9)12(18)16-10(8)5-7;1-14-8(11)5-2-3-6(9(12)13)7(10)4-5;1-12-6(11)5-4(8)3-9-7(10-5)13-2;/h3-6H,1-2H3,(H,16,18);2-4,12-13H,10H2,1H3;3H,1-2H3;1H. The number of methoxy groups -OCH3 is 3. The lowest BCUT2D eigenvalue weighted by atomic mass is 9.78. The monoisotopic (exact) mass is 794 g/mol. The Kier molecular flexibility index (Phi) is 15.9. The number of nitrogens with zero attached hydrogens (tertiary/aromatic N) is 4. The van der Waals surface area contributed by atoms with E-state index in [-0.39, 0.29) is 40.4 Å². The fraction of sp³-hybridized carbons (Fsp3) is 0.172. The molecule has 0 radical (unpaired) electrons. The highest BCUT2D eigenvalue weighted by molar-refractivity contribution is 9.10. The van der Waals surface area contributed by atoms with Gasteiger partial charge in [-0.3, -0.25) is 4.79 Å². The van der Waals surface area contributed by atoms with E-state index in [4.69, 9.17) is 15.8 Å². The molecule has 5 N–H and O–H groups in total. The van der Waals surface area contributed by atoms with Crippen molar-refractivity contribution in [2.75, 3.05) is 39.6 Å². The Morgan fingerprint density at radius 1 is 0.837 bits per heavy atom. The highest BCUT2D eigenvalue weighted by Crippen LogP contribution is 2.22. The molecule has 5 rings (SSSR count). The number of carbonyl (C=O) groups is 3. The molecule has 0 bridgehead atoms. The zero-order valence-corrected chi connectivity index (χ0v) is 30.5. The molecule has 0 atom stereocenters. The highest BCUT2D eigenvalue weighted by Gasteiger charge is 2.17. The predicted octanol–water partition coefficient (Wildman–Crippen LogP) is 2.88. The molecule has 258 valence electrons. The summed E-state index contributed by atoms with van der Waals surface area (Å²) in [6.07, 6.45) is 6.85. The van der Waals surface area contributed by atoms with E-state index in [9.17, 15) is 19.2 Å². The quantitative estimate of drug-likeness (QED) is 0.0368. The SMILES string of the molecule is COC(=O)c1ccc(B(O)O)c(N)c1.COC(=O)c1ccc2c(c1)[nH]c(=O)c1nc(SC)ncc12.COC(=O)c1nc(SC)ncc1Br.Cl. The van der Waals surface area contributed by atoms with Gasteiger partial charge in [-0.05, 0) is 52.7 Å². The zero-order valence-electron chi connectivity index (χ0n) is 26.4. The summed E-state index contributed by atoms with van der Waals surface area (Å²) in [4.78, 5) is 65.0. The molecule has 3 aromatic heterocycles. The number of carbonyl (C=O) groups excluding carboxylic acids is 3. The van der Waals surface area contributed by atoms with E-state index in [0.717, 1.165) is 5.39 Å². The number of hydrogen-bond donors (Lipinski definition) is 4. The third-order valence-electron chi connectivity index (χ3n) is 6.21. The van der Waals surface area contributed by atoms with Crippen molar-refractivity contribution < 1.29 is 38.6 Å². The molecule has 5 aromatic rings. The number of nitrogens with one attached hydrogen (secondary N) is 1. The van der Waals surface area contributed by atoms with Crippen LogP contribution in [-0.2, 0) is 14.2 Å². The van der Waals surface area contributed by atoms with Gasteiger partial charge in [0.25, 0.3) is 5.56 Å². The largest absolute Gasteiger partial charge is 0.490 e. The van der Waals surface area contributed by atoms with Crippen LogP contribution in [0.25, 0.3) is 21.8 Å². The Balaban J connectivity index is 0.000000264. The number of fused-ring (bicyclic) bond motifs is 3. The maximum Gasteiger partial charge on any atom is 0.490 e. The molecule has 0 unspecified atom stereocenters. The van der Waals surface area contributed by atoms with Gasteiger partial charge in [-0.1, -0.05) is 35.7 Å². The second-order valence-electron chi connectivity index (χ2n) is 9.08. The lowest BCUT2D eigenvalue weighted by Crippen LogP contribution is -2.32. The van der Waals surface area contributed by atoms with Crippen molar-refractivity contribution in [3.8, 4) is 0 Å². The first-order valence-corrected chi connectivity index (χ1v) is 16.6. The molecule has 20 heteroatoms. The van der Waals surface area contributed by atoms with Gasteiger partial charge in [0.15, 0.2) is 16.0 Å². The number of pyridine rings is 1. The molecule has 15 nitrogen and oxygen atoms in total. The molecule has 3 heterocycles. The van der Waals surface area contributed by atoms with Crippen molar-refractivity contribution in [1.82, 2.24) is 24.9 Å². The van der Waals surface area contributed by atoms with E-state index in [1.54, 1.807) is 24.4 Å². The number of ether oxygens (including phenoxy) is 3. The molecule has 0 fully saturated rings. The van der Waals surface area contributed by atoms with Crippen molar-refractivity contribution in [2.24, 2.45) is 0 Å². The van der Waals surface area contributed by atoms with Gasteiger partial charge in [0.1, 0.15) is 5.52 Å². The van der Waals surface area contributed by atoms with Crippen LogP contribution in [0, 0.1) is 0 Å². The van der Waals surface area contributed by atoms with Crippen LogP contribution in [0.3, 0.4) is 0 Å². The lowest BCUT2D eigenvalue weighted by Gasteiger charge is -2.05. The summed E-state index contributed by atoms with van der Waals surface area (Å²) in [5.74, 6) is -1.44. The number of esters is 3. The molecular weight excluding hydrogens is 767 g/mol. The number of aromatic amines is 1. The van der Waals surface area contributed by atoms with Gasteiger partial charge in [0.05, 0.1) is 36.9 Å². The molecule has 0 aliphatic carbocycles. The van der Waals surface area contributed by atoms with Crippen molar-refractivity contribution in [3.63, 3.8) is 0 Å². The number of halogens is 2. The third-order valence-corrected chi connectivity index (χ3v) is 7.92. The van der Waals surface area contributed by atoms with Gasteiger partial charge in [-0.25, -0.2) is 34.3 Å². The second kappa shape index (κ2) is 19.1. The van der Waals surface area contributed by atoms with Crippen LogP contribution in [0.15, 0.2) is 68.4 Å². The average Bonchev–Trinajstić information content (AvgIpc) is 3.10. The Morgan fingerprint density at radius 2 is 1.39 bits per heavy atom.